The molecular weight excluding hydrogens is 412 g/mol. The predicted octanol–water partition coefficient (Wildman–Crippen LogP) is 4.63. The maximum Gasteiger partial charge on any atom is 0.263 e. The molecule has 0 spiro atoms. The van der Waals surface area contributed by atoms with Crippen molar-refractivity contribution in [1.29, 1.82) is 0 Å². The number of halogens is 1. The summed E-state index contributed by atoms with van der Waals surface area (Å²) in [6, 6.07) is 12.6. The second kappa shape index (κ2) is 9.62. The molecule has 29 heavy (non-hydrogen) atoms. The van der Waals surface area contributed by atoms with Crippen LogP contribution in [0, 0.1) is 6.92 Å². The van der Waals surface area contributed by atoms with Gasteiger partial charge in [-0.3, -0.25) is 4.79 Å². The molecule has 1 heterocycles. The Hall–Kier alpha value is -2.77. The van der Waals surface area contributed by atoms with Crippen molar-refractivity contribution in [3.63, 3.8) is 0 Å². The van der Waals surface area contributed by atoms with Gasteiger partial charge in [0.05, 0.1) is 19.9 Å². The van der Waals surface area contributed by atoms with E-state index in [2.05, 4.69) is 10.3 Å². The van der Waals surface area contributed by atoms with E-state index in [1.165, 1.54) is 11.3 Å². The molecule has 152 valence electrons. The number of ether oxygens (including phenoxy) is 3. The van der Waals surface area contributed by atoms with E-state index in [4.69, 9.17) is 25.8 Å². The number of thiazole rings is 1. The topological polar surface area (TPSA) is 69.7 Å². The quantitative estimate of drug-likeness (QED) is 0.562. The van der Waals surface area contributed by atoms with E-state index in [0.717, 1.165) is 10.6 Å². The molecule has 0 unspecified atom stereocenters. The van der Waals surface area contributed by atoms with Crippen molar-refractivity contribution in [3.05, 3.63) is 68.6 Å². The summed E-state index contributed by atoms with van der Waals surface area (Å²) in [5.41, 5.74) is 1.53. The number of nitrogens with one attached hydrogen (secondary N) is 1. The lowest BCUT2D eigenvalue weighted by Crippen LogP contribution is -2.22. The van der Waals surface area contributed by atoms with Gasteiger partial charge in [-0.1, -0.05) is 11.6 Å². The number of methoxy groups -OCH3 is 2. The van der Waals surface area contributed by atoms with Crippen LogP contribution in [0.3, 0.4) is 0 Å². The Bertz CT molecular complexity index is 989. The van der Waals surface area contributed by atoms with Crippen LogP contribution < -0.4 is 19.5 Å². The van der Waals surface area contributed by atoms with Crippen molar-refractivity contribution in [3.8, 4) is 17.2 Å². The SMILES string of the molecule is COc1ccc(CNC(=O)c2sc(COc3ccc(Cl)cc3)nc2C)c(OC)c1. The monoisotopic (exact) mass is 432 g/mol. The molecule has 0 saturated carbocycles. The zero-order chi connectivity index (χ0) is 20.8. The lowest BCUT2D eigenvalue weighted by molar-refractivity contribution is 0.0954. The van der Waals surface area contributed by atoms with Gasteiger partial charge in [-0.15, -0.1) is 11.3 Å². The average molecular weight is 433 g/mol. The van der Waals surface area contributed by atoms with Crippen LogP contribution in [0.25, 0.3) is 0 Å². The number of carbonyl (C=O) groups excluding carboxylic acids is 1. The summed E-state index contributed by atoms with van der Waals surface area (Å²) in [5, 5.41) is 4.29. The third kappa shape index (κ3) is 5.40. The van der Waals surface area contributed by atoms with Crippen LogP contribution in [0.5, 0.6) is 17.2 Å². The van der Waals surface area contributed by atoms with Crippen LogP contribution in [0.1, 0.15) is 25.9 Å². The number of amides is 1. The molecule has 6 nitrogen and oxygen atoms in total. The van der Waals surface area contributed by atoms with E-state index in [1.54, 1.807) is 44.6 Å². The predicted molar refractivity (Wildman–Crippen MR) is 113 cm³/mol. The number of aromatic nitrogens is 1. The summed E-state index contributed by atoms with van der Waals surface area (Å²) in [6.45, 7) is 2.43. The Morgan fingerprint density at radius 1 is 1.10 bits per heavy atom. The number of carbonyl (C=O) groups is 1. The number of benzene rings is 2. The smallest absolute Gasteiger partial charge is 0.263 e. The van der Waals surface area contributed by atoms with Gasteiger partial charge in [0.1, 0.15) is 33.7 Å². The highest BCUT2D eigenvalue weighted by Crippen LogP contribution is 2.25. The van der Waals surface area contributed by atoms with Gasteiger partial charge >= 0.3 is 0 Å². The summed E-state index contributed by atoms with van der Waals surface area (Å²) in [6.07, 6.45) is 0. The molecule has 1 N–H and O–H groups in total. The Kier molecular flexibility index (Phi) is 6.95. The van der Waals surface area contributed by atoms with E-state index in [0.29, 0.717) is 39.4 Å². The third-order valence-electron chi connectivity index (χ3n) is 4.16. The van der Waals surface area contributed by atoms with Crippen molar-refractivity contribution in [1.82, 2.24) is 10.3 Å². The van der Waals surface area contributed by atoms with Gasteiger partial charge in [0.15, 0.2) is 0 Å². The molecule has 0 fully saturated rings. The van der Waals surface area contributed by atoms with Crippen molar-refractivity contribution in [2.24, 2.45) is 0 Å². The average Bonchev–Trinajstić information content (AvgIpc) is 3.12. The Balaban J connectivity index is 1.62. The Labute approximate surface area is 178 Å². The maximum absolute atomic E-state index is 12.6. The first-order valence-corrected chi connectivity index (χ1v) is 10.0. The summed E-state index contributed by atoms with van der Waals surface area (Å²) in [5.74, 6) is 1.86. The lowest BCUT2D eigenvalue weighted by Gasteiger charge is -2.11. The van der Waals surface area contributed by atoms with E-state index in [-0.39, 0.29) is 12.5 Å². The molecule has 0 aliphatic carbocycles. The molecule has 0 saturated heterocycles. The highest BCUT2D eigenvalue weighted by molar-refractivity contribution is 7.13. The van der Waals surface area contributed by atoms with Crippen molar-refractivity contribution in [2.75, 3.05) is 14.2 Å². The molecule has 0 atom stereocenters. The minimum absolute atomic E-state index is 0.185. The molecule has 0 radical (unpaired) electrons. The summed E-state index contributed by atoms with van der Waals surface area (Å²) >= 11 is 7.19. The molecule has 2 aromatic carbocycles. The number of rotatable bonds is 8. The van der Waals surface area contributed by atoms with Gasteiger partial charge in [-0.2, -0.15) is 0 Å². The van der Waals surface area contributed by atoms with Crippen LogP contribution in [0.15, 0.2) is 42.5 Å². The highest BCUT2D eigenvalue weighted by atomic mass is 35.5. The Morgan fingerprint density at radius 3 is 2.52 bits per heavy atom. The number of nitrogens with zero attached hydrogens (tertiary/aromatic N) is 1. The zero-order valence-electron chi connectivity index (χ0n) is 16.3. The molecule has 0 aliphatic heterocycles. The van der Waals surface area contributed by atoms with E-state index in [9.17, 15) is 4.79 Å². The first-order valence-electron chi connectivity index (χ1n) is 8.84. The van der Waals surface area contributed by atoms with Crippen LogP contribution in [0.2, 0.25) is 5.02 Å². The van der Waals surface area contributed by atoms with Crippen LogP contribution in [0.4, 0.5) is 0 Å². The standard InChI is InChI=1S/C21H21ClN2O4S/c1-13-20(29-19(24-13)12-28-16-8-5-15(22)6-9-16)21(25)23-11-14-4-7-17(26-2)10-18(14)27-3/h4-10H,11-12H2,1-3H3,(H,23,25). The van der Waals surface area contributed by atoms with Crippen LogP contribution >= 0.6 is 22.9 Å². The largest absolute Gasteiger partial charge is 0.497 e. The molecule has 3 rings (SSSR count). The second-order valence-electron chi connectivity index (χ2n) is 6.13. The van der Waals surface area contributed by atoms with Gasteiger partial charge in [0.2, 0.25) is 0 Å². The molecule has 8 heteroatoms. The number of hydrogen-bond donors (Lipinski definition) is 1. The zero-order valence-corrected chi connectivity index (χ0v) is 17.9. The van der Waals surface area contributed by atoms with Crippen molar-refractivity contribution >= 4 is 28.8 Å². The minimum Gasteiger partial charge on any atom is -0.497 e. The van der Waals surface area contributed by atoms with Crippen LogP contribution in [-0.4, -0.2) is 25.1 Å². The fourth-order valence-electron chi connectivity index (χ4n) is 2.65. The van der Waals surface area contributed by atoms with Crippen molar-refractivity contribution in [2.45, 2.75) is 20.1 Å². The van der Waals surface area contributed by atoms with E-state index in [1.807, 2.05) is 19.1 Å². The number of hydrogen-bond acceptors (Lipinski definition) is 6. The van der Waals surface area contributed by atoms with Gasteiger partial charge in [-0.25, -0.2) is 4.98 Å². The molecule has 0 aliphatic rings. The fraction of sp³-hybridized carbons (Fsp3) is 0.238. The molecule has 1 aromatic heterocycles. The van der Waals surface area contributed by atoms with Gasteiger partial charge in [-0.05, 0) is 43.3 Å². The Morgan fingerprint density at radius 2 is 1.83 bits per heavy atom. The maximum atomic E-state index is 12.6. The van der Waals surface area contributed by atoms with E-state index < -0.39 is 0 Å². The molecule has 1 amide bonds. The van der Waals surface area contributed by atoms with Crippen molar-refractivity contribution < 1.29 is 19.0 Å². The second-order valence-corrected chi connectivity index (χ2v) is 7.65. The fourth-order valence-corrected chi connectivity index (χ4v) is 3.67. The summed E-state index contributed by atoms with van der Waals surface area (Å²) in [4.78, 5) is 17.6. The minimum atomic E-state index is -0.185. The normalized spacial score (nSPS) is 10.5. The lowest BCUT2D eigenvalue weighted by atomic mass is 10.2. The van der Waals surface area contributed by atoms with Gasteiger partial charge in [0, 0.05) is 23.2 Å². The number of aryl methyl sites for hydroxylation is 1. The summed E-state index contributed by atoms with van der Waals surface area (Å²) in [7, 11) is 3.18. The molecule has 0 bridgehead atoms. The van der Waals surface area contributed by atoms with Gasteiger partial charge < -0.3 is 19.5 Å². The first-order chi connectivity index (χ1) is 14.0. The summed E-state index contributed by atoms with van der Waals surface area (Å²) < 4.78 is 16.3. The first kappa shape index (κ1) is 21.0. The molecule has 3 aromatic rings. The van der Waals surface area contributed by atoms with E-state index >= 15 is 0 Å². The highest BCUT2D eigenvalue weighted by Gasteiger charge is 2.16. The van der Waals surface area contributed by atoms with Gasteiger partial charge in [0.25, 0.3) is 5.91 Å². The third-order valence-corrected chi connectivity index (χ3v) is 5.54. The molecular formula is C21H21ClN2O4S. The van der Waals surface area contributed by atoms with Crippen LogP contribution in [-0.2, 0) is 13.2 Å².